The predicted octanol–water partition coefficient (Wildman–Crippen LogP) is 1.81. The third-order valence-electron chi connectivity index (χ3n) is 2.14. The quantitative estimate of drug-likeness (QED) is 0.927. The Morgan fingerprint density at radius 1 is 1.47 bits per heavy atom. The van der Waals surface area contributed by atoms with Gasteiger partial charge in [0.2, 0.25) is 0 Å². The van der Waals surface area contributed by atoms with Gasteiger partial charge in [-0.3, -0.25) is 0 Å². The Kier molecular flexibility index (Phi) is 4.74. The Labute approximate surface area is 110 Å². The maximum Gasteiger partial charge on any atom is 0.144 e. The number of nitrogens with zero attached hydrogens (tertiary/aromatic N) is 3. The molecule has 2 rings (SSSR count). The lowest BCUT2D eigenvalue weighted by Gasteiger charge is -2.07. The second-order valence-electron chi connectivity index (χ2n) is 3.17. The van der Waals surface area contributed by atoms with Crippen molar-refractivity contribution in [2.24, 2.45) is 5.73 Å². The minimum atomic E-state index is 0. The van der Waals surface area contributed by atoms with Crippen LogP contribution in [0.2, 0.25) is 5.02 Å². The van der Waals surface area contributed by atoms with Gasteiger partial charge in [0.15, 0.2) is 0 Å². The molecule has 0 aliphatic carbocycles. The largest absolute Gasteiger partial charge is 0.494 e. The molecule has 0 saturated heterocycles. The molecule has 1 aromatic heterocycles. The second-order valence-corrected chi connectivity index (χ2v) is 3.61. The topological polar surface area (TPSA) is 66.0 Å². The van der Waals surface area contributed by atoms with Crippen molar-refractivity contribution >= 4 is 24.0 Å². The first-order valence-electron chi connectivity index (χ1n) is 4.70. The summed E-state index contributed by atoms with van der Waals surface area (Å²) in [6.07, 6.45) is 1.74. The first-order valence-corrected chi connectivity index (χ1v) is 5.07. The van der Waals surface area contributed by atoms with Crippen LogP contribution >= 0.6 is 24.0 Å². The van der Waals surface area contributed by atoms with E-state index in [4.69, 9.17) is 22.1 Å². The molecule has 0 amide bonds. The molecule has 2 N–H and O–H groups in total. The van der Waals surface area contributed by atoms with Crippen molar-refractivity contribution in [1.82, 2.24) is 15.0 Å². The van der Waals surface area contributed by atoms with Crippen LogP contribution in [0.25, 0.3) is 5.69 Å². The van der Waals surface area contributed by atoms with Crippen molar-refractivity contribution in [2.75, 3.05) is 7.11 Å². The van der Waals surface area contributed by atoms with Crippen molar-refractivity contribution in [3.05, 3.63) is 35.1 Å². The lowest BCUT2D eigenvalue weighted by Crippen LogP contribution is -1.99. The Morgan fingerprint density at radius 3 is 2.82 bits per heavy atom. The molecular formula is C10H12Cl2N4O. The zero-order valence-electron chi connectivity index (χ0n) is 9.13. The minimum Gasteiger partial charge on any atom is -0.494 e. The van der Waals surface area contributed by atoms with Gasteiger partial charge >= 0.3 is 0 Å². The Bertz CT molecular complexity index is 501. The number of hydrogen-bond acceptors (Lipinski definition) is 4. The van der Waals surface area contributed by atoms with Crippen molar-refractivity contribution < 1.29 is 4.74 Å². The maximum absolute atomic E-state index is 5.92. The van der Waals surface area contributed by atoms with Gasteiger partial charge in [0.1, 0.15) is 11.4 Å². The average molecular weight is 275 g/mol. The van der Waals surface area contributed by atoms with Crippen LogP contribution in [0.4, 0.5) is 0 Å². The van der Waals surface area contributed by atoms with E-state index in [0.717, 1.165) is 5.69 Å². The van der Waals surface area contributed by atoms with Crippen molar-refractivity contribution in [3.63, 3.8) is 0 Å². The van der Waals surface area contributed by atoms with Gasteiger partial charge in [0.05, 0.1) is 19.0 Å². The molecule has 92 valence electrons. The highest BCUT2D eigenvalue weighted by Gasteiger charge is 2.08. The molecule has 17 heavy (non-hydrogen) atoms. The number of halogens is 2. The molecule has 2 aromatic rings. The molecule has 0 saturated carbocycles. The number of methoxy groups -OCH3 is 1. The smallest absolute Gasteiger partial charge is 0.144 e. The molecule has 0 aliphatic heterocycles. The van der Waals surface area contributed by atoms with E-state index < -0.39 is 0 Å². The van der Waals surface area contributed by atoms with Gasteiger partial charge in [-0.05, 0) is 18.2 Å². The minimum absolute atomic E-state index is 0. The maximum atomic E-state index is 5.92. The standard InChI is InChI=1S/C10H11ClN4O.ClH/c1-16-10-3-2-7(11)4-9(10)15-6-8(5-12)13-14-15;/h2-4,6H,5,12H2,1H3;1H. The number of hydrogen-bond donors (Lipinski definition) is 1. The van der Waals surface area contributed by atoms with Gasteiger partial charge in [-0.15, -0.1) is 17.5 Å². The molecule has 0 fully saturated rings. The summed E-state index contributed by atoms with van der Waals surface area (Å²) in [4.78, 5) is 0. The summed E-state index contributed by atoms with van der Waals surface area (Å²) in [5.41, 5.74) is 6.92. The van der Waals surface area contributed by atoms with Gasteiger partial charge in [-0.1, -0.05) is 16.8 Å². The Morgan fingerprint density at radius 2 is 2.24 bits per heavy atom. The first kappa shape index (κ1) is 13.8. The van der Waals surface area contributed by atoms with E-state index in [1.54, 1.807) is 36.2 Å². The van der Waals surface area contributed by atoms with Crippen LogP contribution in [0.3, 0.4) is 0 Å². The fourth-order valence-corrected chi connectivity index (χ4v) is 1.52. The molecule has 0 aliphatic rings. The molecule has 1 aromatic carbocycles. The molecule has 0 unspecified atom stereocenters. The Hall–Kier alpha value is -1.30. The summed E-state index contributed by atoms with van der Waals surface area (Å²) in [7, 11) is 1.59. The van der Waals surface area contributed by atoms with E-state index in [9.17, 15) is 0 Å². The van der Waals surface area contributed by atoms with E-state index in [2.05, 4.69) is 10.3 Å². The second kappa shape index (κ2) is 5.86. The summed E-state index contributed by atoms with van der Waals surface area (Å²) in [6.45, 7) is 0.350. The van der Waals surface area contributed by atoms with Crippen LogP contribution in [-0.4, -0.2) is 22.1 Å². The van der Waals surface area contributed by atoms with Crippen LogP contribution in [0.1, 0.15) is 5.69 Å². The van der Waals surface area contributed by atoms with Gasteiger partial charge < -0.3 is 10.5 Å². The molecule has 7 heteroatoms. The lowest BCUT2D eigenvalue weighted by molar-refractivity contribution is 0.411. The zero-order valence-corrected chi connectivity index (χ0v) is 10.7. The SMILES string of the molecule is COc1ccc(Cl)cc1-n1cc(CN)nn1.Cl. The van der Waals surface area contributed by atoms with Crippen molar-refractivity contribution in [2.45, 2.75) is 6.54 Å². The van der Waals surface area contributed by atoms with E-state index in [-0.39, 0.29) is 12.4 Å². The molecule has 0 atom stereocenters. The summed E-state index contributed by atoms with van der Waals surface area (Å²) in [5, 5.41) is 8.47. The molecule has 1 heterocycles. The highest BCUT2D eigenvalue weighted by molar-refractivity contribution is 6.30. The number of aromatic nitrogens is 3. The van der Waals surface area contributed by atoms with Gasteiger partial charge in [0.25, 0.3) is 0 Å². The zero-order chi connectivity index (χ0) is 11.5. The molecule has 5 nitrogen and oxygen atoms in total. The molecule has 0 bridgehead atoms. The van der Waals surface area contributed by atoms with Gasteiger partial charge in [0, 0.05) is 11.6 Å². The average Bonchev–Trinajstić information content (AvgIpc) is 2.77. The van der Waals surface area contributed by atoms with Crippen molar-refractivity contribution in [3.8, 4) is 11.4 Å². The third-order valence-corrected chi connectivity index (χ3v) is 2.37. The van der Waals surface area contributed by atoms with Gasteiger partial charge in [-0.2, -0.15) is 0 Å². The monoisotopic (exact) mass is 274 g/mol. The summed E-state index contributed by atoms with van der Waals surface area (Å²) in [5.74, 6) is 0.679. The van der Waals surface area contributed by atoms with E-state index in [1.807, 2.05) is 0 Å². The highest BCUT2D eigenvalue weighted by Crippen LogP contribution is 2.25. The fourth-order valence-electron chi connectivity index (χ4n) is 1.35. The van der Waals surface area contributed by atoms with Crippen molar-refractivity contribution in [1.29, 1.82) is 0 Å². The number of ether oxygens (including phenoxy) is 1. The molecule has 0 radical (unpaired) electrons. The van der Waals surface area contributed by atoms with Crippen LogP contribution in [0.15, 0.2) is 24.4 Å². The number of nitrogens with two attached hydrogens (primary N) is 1. The fraction of sp³-hybridized carbons (Fsp3) is 0.200. The van der Waals surface area contributed by atoms with Crippen LogP contribution in [0, 0.1) is 0 Å². The first-order chi connectivity index (χ1) is 7.74. The predicted molar refractivity (Wildman–Crippen MR) is 68.1 cm³/mol. The highest BCUT2D eigenvalue weighted by atomic mass is 35.5. The lowest BCUT2D eigenvalue weighted by atomic mass is 10.3. The summed E-state index contributed by atoms with van der Waals surface area (Å²) >= 11 is 5.92. The van der Waals surface area contributed by atoms with Crippen LogP contribution in [-0.2, 0) is 6.54 Å². The summed E-state index contributed by atoms with van der Waals surface area (Å²) in [6, 6.07) is 5.29. The normalized spacial score (nSPS) is 9.82. The number of rotatable bonds is 3. The third kappa shape index (κ3) is 2.88. The van der Waals surface area contributed by atoms with Crippen LogP contribution in [0.5, 0.6) is 5.75 Å². The Balaban J connectivity index is 0.00000144. The molecule has 0 spiro atoms. The number of benzene rings is 1. The molecular weight excluding hydrogens is 263 g/mol. The van der Waals surface area contributed by atoms with E-state index in [0.29, 0.717) is 23.0 Å². The summed E-state index contributed by atoms with van der Waals surface area (Å²) < 4.78 is 6.81. The van der Waals surface area contributed by atoms with Crippen LogP contribution < -0.4 is 10.5 Å². The van der Waals surface area contributed by atoms with Gasteiger partial charge in [-0.25, -0.2) is 4.68 Å². The van der Waals surface area contributed by atoms with E-state index in [1.165, 1.54) is 0 Å². The van der Waals surface area contributed by atoms with E-state index >= 15 is 0 Å².